The average molecular weight is 448 g/mol. The van der Waals surface area contributed by atoms with E-state index in [2.05, 4.69) is 38.9 Å². The van der Waals surface area contributed by atoms with Gasteiger partial charge in [-0.3, -0.25) is 15.7 Å². The molecule has 1 atom stereocenters. The summed E-state index contributed by atoms with van der Waals surface area (Å²) < 4.78 is 2.37. The van der Waals surface area contributed by atoms with Crippen molar-refractivity contribution in [3.05, 3.63) is 41.3 Å². The molecule has 5 N–H and O–H groups in total. The largest absolute Gasteiger partial charge is 0.382 e. The fourth-order valence-corrected chi connectivity index (χ4v) is 5.79. The molecule has 0 bridgehead atoms. The van der Waals surface area contributed by atoms with Gasteiger partial charge in [0.25, 0.3) is 0 Å². The van der Waals surface area contributed by atoms with Crippen molar-refractivity contribution >= 4 is 23.6 Å². The van der Waals surface area contributed by atoms with Gasteiger partial charge in [-0.05, 0) is 38.1 Å². The van der Waals surface area contributed by atoms with Gasteiger partial charge in [0.05, 0.1) is 29.7 Å². The highest BCUT2D eigenvalue weighted by Gasteiger charge is 2.43. The van der Waals surface area contributed by atoms with E-state index in [9.17, 15) is 0 Å². The molecule has 0 radical (unpaired) electrons. The van der Waals surface area contributed by atoms with E-state index < -0.39 is 5.79 Å². The number of hydrogen-bond donors (Lipinski definition) is 3. The Morgan fingerprint density at radius 1 is 1.06 bits per heavy atom. The van der Waals surface area contributed by atoms with Crippen LogP contribution >= 0.6 is 0 Å². The zero-order valence-electron chi connectivity index (χ0n) is 19.3. The number of amidine groups is 1. The van der Waals surface area contributed by atoms with Gasteiger partial charge >= 0.3 is 0 Å². The van der Waals surface area contributed by atoms with E-state index in [-0.39, 0.29) is 5.54 Å². The summed E-state index contributed by atoms with van der Waals surface area (Å²) >= 11 is 0. The molecule has 2 aromatic rings. The van der Waals surface area contributed by atoms with Gasteiger partial charge in [-0.25, -0.2) is 4.99 Å². The van der Waals surface area contributed by atoms with Crippen LogP contribution in [0.3, 0.4) is 0 Å². The van der Waals surface area contributed by atoms with E-state index in [0.717, 1.165) is 68.3 Å². The van der Waals surface area contributed by atoms with Gasteiger partial charge in [0.15, 0.2) is 0 Å². The molecule has 0 aromatic carbocycles. The molecule has 4 aliphatic rings. The minimum Gasteiger partial charge on any atom is -0.382 e. The zero-order valence-corrected chi connectivity index (χ0v) is 19.3. The number of nitrogens with one attached hydrogen (secondary N) is 1. The van der Waals surface area contributed by atoms with Crippen LogP contribution in [0.25, 0.3) is 0 Å². The minimum absolute atomic E-state index is 0.0398. The van der Waals surface area contributed by atoms with E-state index in [0.29, 0.717) is 11.5 Å². The molecular weight excluding hydrogens is 414 g/mol. The van der Waals surface area contributed by atoms with Gasteiger partial charge < -0.3 is 25.4 Å². The summed E-state index contributed by atoms with van der Waals surface area (Å²) in [5.41, 5.74) is 16.9. The quantitative estimate of drug-likeness (QED) is 0.645. The highest BCUT2D eigenvalue weighted by molar-refractivity contribution is 6.02. The number of rotatable bonds is 2. The van der Waals surface area contributed by atoms with Crippen molar-refractivity contribution in [2.24, 2.45) is 21.5 Å². The Hall–Kier alpha value is -2.91. The van der Waals surface area contributed by atoms with Crippen LogP contribution in [0, 0.1) is 0 Å². The van der Waals surface area contributed by atoms with Crippen molar-refractivity contribution in [3.63, 3.8) is 0 Å². The maximum absolute atomic E-state index is 6.82. The molecule has 2 aromatic heterocycles. The fraction of sp³-hybridized carbons (Fsp3) is 0.542. The lowest BCUT2D eigenvalue weighted by Gasteiger charge is -2.43. The Morgan fingerprint density at radius 3 is 2.58 bits per heavy atom. The van der Waals surface area contributed by atoms with E-state index in [1.54, 1.807) is 0 Å². The Labute approximate surface area is 194 Å². The number of nitrogens with zero attached hydrogens (tertiary/aromatic N) is 6. The van der Waals surface area contributed by atoms with Crippen molar-refractivity contribution in [2.45, 2.75) is 43.4 Å². The van der Waals surface area contributed by atoms with Crippen molar-refractivity contribution in [1.29, 1.82) is 0 Å². The summed E-state index contributed by atoms with van der Waals surface area (Å²) in [5.74, 6) is 0.447. The number of anilines is 2. The molecule has 1 spiro atoms. The predicted molar refractivity (Wildman–Crippen MR) is 132 cm³/mol. The van der Waals surface area contributed by atoms with Crippen molar-refractivity contribution < 1.29 is 0 Å². The normalized spacial score (nSPS) is 26.5. The monoisotopic (exact) mass is 447 g/mol. The minimum atomic E-state index is -1.12. The second-order valence-electron chi connectivity index (χ2n) is 10.00. The molecule has 5 heterocycles. The molecule has 0 amide bonds. The second kappa shape index (κ2) is 7.56. The standard InChI is InChI=1S/C24H33N9/c1-31-9-11-32(12-10-31)18-5-6-20(27-15-18)24(26)29-14-17-13-19-21(25)28-16-23(7-3-2-4-8-23)33(19)22(17)30-24/h5-6,13-15,30H,2-4,7-12,16,26H2,1H3,(H2,25,28). The van der Waals surface area contributed by atoms with Gasteiger partial charge in [-0.2, -0.15) is 0 Å². The maximum Gasteiger partial charge on any atom is 0.227 e. The number of hydrogen-bond acceptors (Lipinski definition) is 8. The van der Waals surface area contributed by atoms with Crippen molar-refractivity contribution in [1.82, 2.24) is 14.5 Å². The molecule has 33 heavy (non-hydrogen) atoms. The summed E-state index contributed by atoms with van der Waals surface area (Å²) in [6.07, 6.45) is 9.68. The second-order valence-corrected chi connectivity index (χ2v) is 10.00. The number of piperazine rings is 1. The van der Waals surface area contributed by atoms with Crippen LogP contribution in [-0.4, -0.2) is 66.3 Å². The SMILES string of the molecule is CN1CCN(c2ccc(C3(N)N=Cc4cc5n(c4N3)C3(CCCCC3)CN=C5N)nc2)CC1. The lowest BCUT2D eigenvalue weighted by Crippen LogP contribution is -2.50. The van der Waals surface area contributed by atoms with E-state index in [1.165, 1.54) is 19.3 Å². The van der Waals surface area contributed by atoms with Crippen molar-refractivity contribution in [3.8, 4) is 0 Å². The summed E-state index contributed by atoms with van der Waals surface area (Å²) in [6.45, 7) is 4.86. The van der Waals surface area contributed by atoms with E-state index in [4.69, 9.17) is 26.4 Å². The fourth-order valence-electron chi connectivity index (χ4n) is 5.79. The summed E-state index contributed by atoms with van der Waals surface area (Å²) in [7, 11) is 2.16. The topological polar surface area (TPSA) is 113 Å². The third-order valence-electron chi connectivity index (χ3n) is 7.82. The molecule has 3 aliphatic heterocycles. The molecule has 1 unspecified atom stereocenters. The van der Waals surface area contributed by atoms with Gasteiger partial charge in [0, 0.05) is 38.0 Å². The first-order valence-corrected chi connectivity index (χ1v) is 12.1. The van der Waals surface area contributed by atoms with Crippen LogP contribution in [0.2, 0.25) is 0 Å². The molecule has 1 saturated heterocycles. The maximum atomic E-state index is 6.82. The molecule has 1 aliphatic carbocycles. The summed E-state index contributed by atoms with van der Waals surface area (Å²) in [5, 5.41) is 3.54. The number of fused-ring (bicyclic) bond motifs is 4. The number of likely N-dealkylation sites (N-methyl/N-ethyl adjacent to an activating group) is 1. The predicted octanol–water partition coefficient (Wildman–Crippen LogP) is 1.63. The smallest absolute Gasteiger partial charge is 0.227 e. The zero-order chi connectivity index (χ0) is 22.6. The summed E-state index contributed by atoms with van der Waals surface area (Å²) in [6, 6.07) is 6.19. The Bertz CT molecular complexity index is 1100. The number of aliphatic imine (C=N–C) groups is 2. The number of pyridine rings is 1. The van der Waals surface area contributed by atoms with Crippen LogP contribution < -0.4 is 21.7 Å². The third kappa shape index (κ3) is 3.33. The molecule has 9 heteroatoms. The Morgan fingerprint density at radius 2 is 1.85 bits per heavy atom. The number of aromatic nitrogens is 2. The van der Waals surface area contributed by atoms with E-state index in [1.807, 2.05) is 18.5 Å². The van der Waals surface area contributed by atoms with Crippen LogP contribution in [0.4, 0.5) is 11.5 Å². The van der Waals surface area contributed by atoms with Gasteiger partial charge in [0.2, 0.25) is 5.79 Å². The van der Waals surface area contributed by atoms with Crippen LogP contribution in [-0.2, 0) is 11.3 Å². The number of nitrogens with two attached hydrogens (primary N) is 2. The summed E-state index contributed by atoms with van der Waals surface area (Å²) in [4.78, 5) is 18.8. The lowest BCUT2D eigenvalue weighted by molar-refractivity contribution is 0.200. The first kappa shape index (κ1) is 20.7. The first-order chi connectivity index (χ1) is 16.0. The molecular formula is C24H33N9. The van der Waals surface area contributed by atoms with Gasteiger partial charge in [-0.1, -0.05) is 19.3 Å². The van der Waals surface area contributed by atoms with Crippen LogP contribution in [0.5, 0.6) is 0 Å². The molecule has 2 fully saturated rings. The third-order valence-corrected chi connectivity index (χ3v) is 7.82. The highest BCUT2D eigenvalue weighted by atomic mass is 15.3. The lowest BCUT2D eigenvalue weighted by atomic mass is 9.80. The van der Waals surface area contributed by atoms with Crippen LogP contribution in [0.15, 0.2) is 34.4 Å². The molecule has 6 rings (SSSR count). The van der Waals surface area contributed by atoms with Crippen LogP contribution in [0.1, 0.15) is 49.1 Å². The molecule has 9 nitrogen and oxygen atoms in total. The van der Waals surface area contributed by atoms with Crippen molar-refractivity contribution in [2.75, 3.05) is 50.0 Å². The average Bonchev–Trinajstić information content (AvgIpc) is 3.23. The molecule has 1 saturated carbocycles. The highest BCUT2D eigenvalue weighted by Crippen LogP contribution is 2.44. The molecule has 174 valence electrons. The Balaban J connectivity index is 1.32. The van der Waals surface area contributed by atoms with Gasteiger partial charge in [0.1, 0.15) is 17.3 Å². The first-order valence-electron chi connectivity index (χ1n) is 12.1. The van der Waals surface area contributed by atoms with E-state index >= 15 is 0 Å². The Kier molecular flexibility index (Phi) is 4.74. The van der Waals surface area contributed by atoms with Gasteiger partial charge in [-0.15, -0.1) is 0 Å².